The van der Waals surface area contributed by atoms with Gasteiger partial charge in [0, 0.05) is 24.8 Å². The first-order valence-electron chi connectivity index (χ1n) is 9.32. The molecule has 3 fully saturated rings. The number of carbonyl (C=O) groups excluding carboxylic acids is 1. The zero-order valence-electron chi connectivity index (χ0n) is 15.2. The van der Waals surface area contributed by atoms with E-state index in [4.69, 9.17) is 0 Å². The molecule has 156 valence electrons. The molecule has 11 heteroatoms. The Labute approximate surface area is 162 Å². The van der Waals surface area contributed by atoms with Crippen molar-refractivity contribution >= 4 is 22.4 Å². The quantitative estimate of drug-likeness (QED) is 0.693. The molecule has 7 nitrogen and oxygen atoms in total. The van der Waals surface area contributed by atoms with Gasteiger partial charge in [-0.2, -0.15) is 23.8 Å². The minimum absolute atomic E-state index is 0.0109. The molecule has 4 rings (SSSR count). The summed E-state index contributed by atoms with van der Waals surface area (Å²) in [4.78, 5) is 21.5. The Morgan fingerprint density at radius 3 is 2.43 bits per heavy atom. The normalized spacial score (nSPS) is 30.3. The molecule has 0 unspecified atom stereocenters. The molecule has 3 N–H and O–H groups in total. The highest BCUT2D eigenvalue weighted by molar-refractivity contribution is 8.24. The fourth-order valence-corrected chi connectivity index (χ4v) is 5.75. The predicted octanol–water partition coefficient (Wildman–Crippen LogP) is 3.45. The van der Waals surface area contributed by atoms with Crippen LogP contribution in [0.1, 0.15) is 48.2 Å². The van der Waals surface area contributed by atoms with Crippen molar-refractivity contribution in [3.05, 3.63) is 17.5 Å². The van der Waals surface area contributed by atoms with Crippen molar-refractivity contribution in [2.75, 3.05) is 29.9 Å². The lowest BCUT2D eigenvalue weighted by Crippen LogP contribution is -2.43. The Morgan fingerprint density at radius 2 is 1.89 bits per heavy atom. The van der Waals surface area contributed by atoms with Gasteiger partial charge >= 0.3 is 6.18 Å². The van der Waals surface area contributed by atoms with Crippen molar-refractivity contribution in [2.24, 2.45) is 5.92 Å². The molecule has 3 aliphatic rings. The predicted molar refractivity (Wildman–Crippen MR) is 98.4 cm³/mol. The van der Waals surface area contributed by atoms with E-state index in [-0.39, 0.29) is 36.1 Å². The summed E-state index contributed by atoms with van der Waals surface area (Å²) in [6, 6.07) is 0. The van der Waals surface area contributed by atoms with Crippen LogP contribution in [0.15, 0.2) is 6.20 Å². The third-order valence-electron chi connectivity index (χ3n) is 6.07. The first-order chi connectivity index (χ1) is 13.1. The van der Waals surface area contributed by atoms with E-state index in [9.17, 15) is 27.1 Å². The van der Waals surface area contributed by atoms with Crippen LogP contribution < -0.4 is 5.32 Å². The Bertz CT molecular complexity index is 771. The number of alkyl halides is 3. The summed E-state index contributed by atoms with van der Waals surface area (Å²) in [5.74, 6) is -0.399. The molecule has 28 heavy (non-hydrogen) atoms. The highest BCUT2D eigenvalue weighted by Crippen LogP contribution is 2.49. The van der Waals surface area contributed by atoms with Gasteiger partial charge in [-0.25, -0.2) is 9.97 Å². The molecule has 2 bridgehead atoms. The molecule has 0 spiro atoms. The number of fused-ring (bicyclic) bond motifs is 2. The molecule has 1 amide bonds. The first kappa shape index (κ1) is 19.7. The Hall–Kier alpha value is -1.59. The lowest BCUT2D eigenvalue weighted by Gasteiger charge is -2.41. The number of aromatic nitrogens is 2. The highest BCUT2D eigenvalue weighted by Gasteiger charge is 2.46. The van der Waals surface area contributed by atoms with E-state index in [1.165, 1.54) is 4.90 Å². The molecule has 1 aromatic rings. The van der Waals surface area contributed by atoms with Crippen LogP contribution in [0.3, 0.4) is 0 Å². The molecule has 2 saturated carbocycles. The second-order valence-electron chi connectivity index (χ2n) is 8.01. The minimum atomic E-state index is -4.80. The zero-order valence-corrected chi connectivity index (χ0v) is 16.0. The van der Waals surface area contributed by atoms with E-state index >= 15 is 0 Å². The number of rotatable bonds is 3. The van der Waals surface area contributed by atoms with Crippen LogP contribution in [0.25, 0.3) is 0 Å². The van der Waals surface area contributed by atoms with Gasteiger partial charge in [-0.05, 0) is 38.0 Å². The van der Waals surface area contributed by atoms with Crippen LogP contribution in [0.2, 0.25) is 0 Å². The van der Waals surface area contributed by atoms with E-state index in [0.29, 0.717) is 5.92 Å². The molecule has 2 aliphatic carbocycles. The van der Waals surface area contributed by atoms with Crippen LogP contribution in [-0.4, -0.2) is 60.0 Å². The van der Waals surface area contributed by atoms with Crippen LogP contribution in [0.5, 0.6) is 0 Å². The van der Waals surface area contributed by atoms with Gasteiger partial charge in [0.2, 0.25) is 5.95 Å². The van der Waals surface area contributed by atoms with Gasteiger partial charge in [0.05, 0.1) is 17.1 Å². The second-order valence-corrected chi connectivity index (χ2v) is 10.4. The van der Waals surface area contributed by atoms with Gasteiger partial charge < -0.3 is 10.2 Å². The number of nitrogens with zero attached hydrogens (tertiary/aromatic N) is 3. The van der Waals surface area contributed by atoms with Crippen molar-refractivity contribution in [1.29, 1.82) is 0 Å². The summed E-state index contributed by atoms with van der Waals surface area (Å²) in [5.41, 5.74) is -2.10. The first-order valence-corrected chi connectivity index (χ1v) is 11.2. The number of carbonyl (C=O) groups is 1. The van der Waals surface area contributed by atoms with E-state index in [1.807, 2.05) is 0 Å². The van der Waals surface area contributed by atoms with E-state index in [0.717, 1.165) is 38.3 Å². The van der Waals surface area contributed by atoms with Gasteiger partial charge in [-0.3, -0.25) is 13.9 Å². The SMILES string of the molecule is O=C(c1cnc(NC23CCC(CC2)C3)nc1C(F)(F)F)N1CCS(O)(O)CC1. The van der Waals surface area contributed by atoms with Gasteiger partial charge in [-0.15, -0.1) is 0 Å². The standard InChI is InChI=1S/C17H23F3N4O3S/c18-17(19,20)13-12(14(25)24-5-7-28(26,27)8-6-24)10-21-15(22-13)23-16-3-1-11(9-16)2-4-16/h10-11,26-27H,1-9H2,(H,21,22,23). The smallest absolute Gasteiger partial charge is 0.349 e. The van der Waals surface area contributed by atoms with Gasteiger partial charge in [0.1, 0.15) is 0 Å². The summed E-state index contributed by atoms with van der Waals surface area (Å²) in [5, 5.41) is 3.10. The number of halogens is 3. The van der Waals surface area contributed by atoms with Crippen LogP contribution in [0.4, 0.5) is 19.1 Å². The Kier molecular flexibility index (Phi) is 4.74. The molecule has 1 aliphatic heterocycles. The van der Waals surface area contributed by atoms with Crippen molar-refractivity contribution in [1.82, 2.24) is 14.9 Å². The Morgan fingerprint density at radius 1 is 1.25 bits per heavy atom. The fraction of sp³-hybridized carbons (Fsp3) is 0.706. The van der Waals surface area contributed by atoms with E-state index < -0.39 is 33.9 Å². The molecule has 2 heterocycles. The van der Waals surface area contributed by atoms with Crippen molar-refractivity contribution in [2.45, 2.75) is 43.8 Å². The molecule has 1 aromatic heterocycles. The lowest BCUT2D eigenvalue weighted by atomic mass is 9.94. The molecular weight excluding hydrogens is 397 g/mol. The monoisotopic (exact) mass is 420 g/mol. The van der Waals surface area contributed by atoms with Gasteiger partial charge in [-0.1, -0.05) is 0 Å². The summed E-state index contributed by atoms with van der Waals surface area (Å²) in [6.07, 6.45) is 0.957. The average Bonchev–Trinajstić information content (AvgIpc) is 3.21. The maximum Gasteiger partial charge on any atom is 0.434 e. The van der Waals surface area contributed by atoms with E-state index in [2.05, 4.69) is 15.3 Å². The maximum absolute atomic E-state index is 13.6. The van der Waals surface area contributed by atoms with Crippen LogP contribution in [0, 0.1) is 5.92 Å². The summed E-state index contributed by atoms with van der Waals surface area (Å²) in [6.45, 7) is -0.0219. The zero-order chi connectivity index (χ0) is 20.2. The van der Waals surface area contributed by atoms with E-state index in [1.54, 1.807) is 0 Å². The summed E-state index contributed by atoms with van der Waals surface area (Å²) in [7, 11) is -2.75. The van der Waals surface area contributed by atoms with Crippen molar-refractivity contribution in [3.63, 3.8) is 0 Å². The third-order valence-corrected chi connectivity index (χ3v) is 7.74. The lowest BCUT2D eigenvalue weighted by molar-refractivity contribution is -0.141. The molecular formula is C17H23F3N4O3S. The molecule has 0 radical (unpaired) electrons. The summed E-state index contributed by atoms with van der Waals surface area (Å²) >= 11 is 0. The third kappa shape index (κ3) is 3.79. The van der Waals surface area contributed by atoms with Gasteiger partial charge in [0.25, 0.3) is 5.91 Å². The van der Waals surface area contributed by atoms with Crippen LogP contribution >= 0.6 is 10.6 Å². The number of amides is 1. The number of hydrogen-bond donors (Lipinski definition) is 3. The number of anilines is 1. The topological polar surface area (TPSA) is 98.6 Å². The number of hydrogen-bond acceptors (Lipinski definition) is 6. The molecule has 0 aromatic carbocycles. The van der Waals surface area contributed by atoms with Crippen molar-refractivity contribution in [3.8, 4) is 0 Å². The average molecular weight is 420 g/mol. The fourth-order valence-electron chi connectivity index (χ4n) is 4.52. The minimum Gasteiger partial charge on any atom is -0.349 e. The molecule has 1 saturated heterocycles. The highest BCUT2D eigenvalue weighted by atomic mass is 32.3. The second kappa shape index (κ2) is 6.74. The van der Waals surface area contributed by atoms with Crippen molar-refractivity contribution < 1.29 is 27.1 Å². The van der Waals surface area contributed by atoms with Crippen LogP contribution in [-0.2, 0) is 6.18 Å². The number of nitrogens with one attached hydrogen (secondary N) is 1. The summed E-state index contributed by atoms with van der Waals surface area (Å²) < 4.78 is 60.1. The Balaban J connectivity index is 1.58. The molecule has 0 atom stereocenters. The van der Waals surface area contributed by atoms with Gasteiger partial charge in [0.15, 0.2) is 5.69 Å². The largest absolute Gasteiger partial charge is 0.434 e. The maximum atomic E-state index is 13.6.